The predicted molar refractivity (Wildman–Crippen MR) is 77.5 cm³/mol. The number of rotatable bonds is 2. The van der Waals surface area contributed by atoms with E-state index in [0.29, 0.717) is 5.56 Å². The summed E-state index contributed by atoms with van der Waals surface area (Å²) in [4.78, 5) is 3.41. The third kappa shape index (κ3) is 5.78. The Morgan fingerprint density at radius 2 is 1.31 bits per heavy atom. The predicted octanol–water partition coefficient (Wildman–Crippen LogP) is -0.764. The second kappa shape index (κ2) is 10.4. The Bertz CT molecular complexity index is 762. The summed E-state index contributed by atoms with van der Waals surface area (Å²) < 4.78 is 66.2. The quantitative estimate of drug-likeness (QED) is 0.144. The molecular weight excluding hydrogens is 432 g/mol. The van der Waals surface area contributed by atoms with Crippen LogP contribution in [0.15, 0.2) is 23.2 Å². The fraction of sp³-hybridized carbons (Fsp3) is 0.235. The van der Waals surface area contributed by atoms with E-state index in [1.54, 1.807) is 12.1 Å². The minimum Gasteiger partial charge on any atom is -1.00 e. The van der Waals surface area contributed by atoms with E-state index in [4.69, 9.17) is 0 Å². The zero-order valence-corrected chi connectivity index (χ0v) is 17.0. The van der Waals surface area contributed by atoms with Crippen LogP contribution in [0.5, 0.6) is 0 Å². The molecule has 0 heterocycles. The first kappa shape index (κ1) is 27.3. The largest absolute Gasteiger partial charge is 3.00 e. The van der Waals surface area contributed by atoms with Gasteiger partial charge in [0.05, 0.1) is 0 Å². The molecule has 0 saturated carbocycles. The van der Waals surface area contributed by atoms with E-state index >= 15 is 0 Å². The summed E-state index contributed by atoms with van der Waals surface area (Å²) in [6.07, 6.45) is 1.01. The van der Waals surface area contributed by atoms with Gasteiger partial charge in [0.25, 0.3) is 0 Å². The van der Waals surface area contributed by atoms with Crippen LogP contribution in [0, 0.1) is 35.2 Å². The number of nitrogens with zero attached hydrogens (tertiary/aromatic N) is 1. The molecule has 1 nitrogen and oxygen atoms in total. The Hall–Kier alpha value is -0.946. The van der Waals surface area contributed by atoms with Gasteiger partial charge in [-0.3, -0.25) is 4.99 Å². The van der Waals surface area contributed by atoms with Gasteiger partial charge >= 0.3 is 21.7 Å². The van der Waals surface area contributed by atoms with E-state index in [0.717, 1.165) is 11.8 Å². The van der Waals surface area contributed by atoms with Gasteiger partial charge in [-0.2, -0.15) is 0 Å². The molecule has 0 amide bonds. The van der Waals surface area contributed by atoms with Crippen molar-refractivity contribution in [2.45, 2.75) is 26.2 Å². The van der Waals surface area contributed by atoms with Gasteiger partial charge < -0.3 is 24.8 Å². The molecule has 26 heavy (non-hydrogen) atoms. The Kier molecular flexibility index (Phi) is 10.9. The van der Waals surface area contributed by atoms with Crippen LogP contribution in [0.25, 0.3) is 0 Å². The third-order valence-electron chi connectivity index (χ3n) is 3.15. The van der Waals surface area contributed by atoms with Gasteiger partial charge in [0.15, 0.2) is 23.3 Å². The van der Waals surface area contributed by atoms with E-state index in [9.17, 15) is 22.0 Å². The first-order valence-corrected chi connectivity index (χ1v) is 6.71. The van der Waals surface area contributed by atoms with Gasteiger partial charge in [0.1, 0.15) is 5.69 Å². The summed E-state index contributed by atoms with van der Waals surface area (Å²) in [5.74, 6) is -10.2. The minimum absolute atomic E-state index is 0. The molecule has 0 bridgehead atoms. The molecule has 139 valence electrons. The monoisotopic (exact) mass is 444 g/mol. The zero-order chi connectivity index (χ0) is 17.4. The SMILES string of the molecule is CC(C)(C)c1[c-]c(C=Nc2c(F)c(F)c(F)c(F)c2F)ccc1.[Cl-].[Cl-].[Ti+3]. The van der Waals surface area contributed by atoms with Crippen molar-refractivity contribution in [3.05, 3.63) is 64.5 Å². The molecule has 0 atom stereocenters. The van der Waals surface area contributed by atoms with E-state index in [2.05, 4.69) is 11.1 Å². The molecule has 0 saturated heterocycles. The minimum atomic E-state index is -2.21. The molecule has 0 unspecified atom stereocenters. The van der Waals surface area contributed by atoms with Crippen molar-refractivity contribution in [3.63, 3.8) is 0 Å². The molecule has 0 aromatic heterocycles. The van der Waals surface area contributed by atoms with Crippen LogP contribution in [0.3, 0.4) is 0 Å². The van der Waals surface area contributed by atoms with E-state index in [1.807, 2.05) is 26.8 Å². The number of halogens is 7. The van der Waals surface area contributed by atoms with Gasteiger partial charge in [0, 0.05) is 0 Å². The number of aliphatic imine (C=N–C) groups is 1. The number of benzene rings is 2. The van der Waals surface area contributed by atoms with Crippen molar-refractivity contribution in [2.24, 2.45) is 4.99 Å². The molecule has 0 N–H and O–H groups in total. The molecule has 0 aliphatic rings. The standard InChI is InChI=1S/C17H13F5N.2ClH.Ti/c1-17(2,3)10-6-4-5-9(7-10)8-23-16-14(21)12(19)11(18)13(20)15(16)22;;;/h4-6,8H,1-3H3;2*1H;/q-1;;;+3/p-2. The van der Waals surface area contributed by atoms with Crippen LogP contribution < -0.4 is 24.8 Å². The first-order valence-electron chi connectivity index (χ1n) is 6.71. The average Bonchev–Trinajstić information content (AvgIpc) is 2.50. The first-order chi connectivity index (χ1) is 10.6. The second-order valence-corrected chi connectivity index (χ2v) is 5.95. The number of hydrogen-bond donors (Lipinski definition) is 0. The van der Waals surface area contributed by atoms with Crippen molar-refractivity contribution in [3.8, 4) is 0 Å². The summed E-state index contributed by atoms with van der Waals surface area (Å²) in [6, 6.07) is 8.05. The van der Waals surface area contributed by atoms with Crippen LogP contribution >= 0.6 is 0 Å². The van der Waals surface area contributed by atoms with Crippen molar-refractivity contribution >= 4 is 11.9 Å². The Balaban J connectivity index is 0. The molecule has 2 rings (SSSR count). The van der Waals surface area contributed by atoms with Crippen LogP contribution in [-0.2, 0) is 27.1 Å². The molecule has 0 fully saturated rings. The van der Waals surface area contributed by atoms with Gasteiger partial charge in [-0.25, -0.2) is 22.0 Å². The summed E-state index contributed by atoms with van der Waals surface area (Å²) in [5.41, 5.74) is -0.259. The van der Waals surface area contributed by atoms with Gasteiger partial charge in [-0.05, 0) is 11.6 Å². The Morgan fingerprint density at radius 1 is 0.846 bits per heavy atom. The third-order valence-corrected chi connectivity index (χ3v) is 3.15. The smallest absolute Gasteiger partial charge is 1.00 e. The van der Waals surface area contributed by atoms with Gasteiger partial charge in [-0.1, -0.05) is 20.8 Å². The van der Waals surface area contributed by atoms with Crippen molar-refractivity contribution in [1.29, 1.82) is 0 Å². The van der Waals surface area contributed by atoms with E-state index in [1.165, 1.54) is 0 Å². The number of hydrogen-bond acceptors (Lipinski definition) is 1. The average molecular weight is 445 g/mol. The molecule has 1 radical (unpaired) electrons. The molecule has 9 heteroatoms. The van der Waals surface area contributed by atoms with Crippen LogP contribution in [-0.4, -0.2) is 6.21 Å². The van der Waals surface area contributed by atoms with Crippen LogP contribution in [0.4, 0.5) is 27.6 Å². The van der Waals surface area contributed by atoms with E-state index in [-0.39, 0.29) is 51.9 Å². The van der Waals surface area contributed by atoms with Crippen LogP contribution in [0.1, 0.15) is 31.9 Å². The van der Waals surface area contributed by atoms with Crippen molar-refractivity contribution in [2.75, 3.05) is 0 Å². The fourth-order valence-electron chi connectivity index (χ4n) is 1.84. The molecule has 0 aliphatic carbocycles. The Labute approximate surface area is 175 Å². The normalized spacial score (nSPS) is 10.8. The molecule has 2 aromatic carbocycles. The maximum Gasteiger partial charge on any atom is 3.00 e. The summed E-state index contributed by atoms with van der Waals surface area (Å²) >= 11 is 0. The fourth-order valence-corrected chi connectivity index (χ4v) is 1.84. The van der Waals surface area contributed by atoms with Crippen molar-refractivity contribution in [1.82, 2.24) is 0 Å². The van der Waals surface area contributed by atoms with Crippen LogP contribution in [0.2, 0.25) is 0 Å². The maximum absolute atomic E-state index is 13.5. The summed E-state index contributed by atoms with van der Waals surface area (Å²) in [5, 5.41) is 0. The zero-order valence-electron chi connectivity index (χ0n) is 13.9. The summed E-state index contributed by atoms with van der Waals surface area (Å²) in [6.45, 7) is 5.84. The van der Waals surface area contributed by atoms with Gasteiger partial charge in [0.2, 0.25) is 5.82 Å². The molecule has 0 spiro atoms. The maximum atomic E-state index is 13.5. The molecule has 2 aromatic rings. The molecular formula is C17H13Cl2F5NTi. The summed E-state index contributed by atoms with van der Waals surface area (Å²) in [7, 11) is 0. The topological polar surface area (TPSA) is 12.4 Å². The Morgan fingerprint density at radius 3 is 1.77 bits per heavy atom. The molecule has 0 aliphatic heterocycles. The second-order valence-electron chi connectivity index (χ2n) is 5.95. The van der Waals surface area contributed by atoms with Gasteiger partial charge in [-0.15, -0.1) is 35.4 Å². The van der Waals surface area contributed by atoms with Crippen molar-refractivity contribution < 1.29 is 68.5 Å². The van der Waals surface area contributed by atoms with E-state index < -0.39 is 34.8 Å².